The van der Waals surface area contributed by atoms with Gasteiger partial charge in [-0.2, -0.15) is 0 Å². The van der Waals surface area contributed by atoms with Crippen LogP contribution in [-0.2, 0) is 9.59 Å². The molecule has 2 amide bonds. The Hall–Kier alpha value is -2.04. The molecule has 1 aromatic carbocycles. The van der Waals surface area contributed by atoms with Crippen LogP contribution in [-0.4, -0.2) is 24.5 Å². The Morgan fingerprint density at radius 1 is 1.22 bits per heavy atom. The zero-order valence-electron chi connectivity index (χ0n) is 10.8. The van der Waals surface area contributed by atoms with Crippen LogP contribution in [0.5, 0.6) is 5.75 Å². The number of hydrogen-bond acceptors (Lipinski definition) is 3. The lowest BCUT2D eigenvalue weighted by Crippen LogP contribution is -2.34. The molecule has 0 saturated carbocycles. The monoisotopic (exact) mass is 250 g/mol. The van der Waals surface area contributed by atoms with Crippen molar-refractivity contribution in [2.75, 3.05) is 11.9 Å². The summed E-state index contributed by atoms with van der Waals surface area (Å²) < 4.78 is 5.30. The van der Waals surface area contributed by atoms with Crippen molar-refractivity contribution in [2.45, 2.75) is 26.8 Å². The SMILES string of the molecule is CC(=O)Nc1ccc(OCC(=O)NC(C)C)cc1. The largest absolute Gasteiger partial charge is 0.484 e. The summed E-state index contributed by atoms with van der Waals surface area (Å²) in [6.07, 6.45) is 0. The van der Waals surface area contributed by atoms with E-state index in [1.807, 2.05) is 13.8 Å². The Labute approximate surface area is 107 Å². The van der Waals surface area contributed by atoms with E-state index >= 15 is 0 Å². The maximum absolute atomic E-state index is 11.3. The first-order valence-electron chi connectivity index (χ1n) is 5.77. The average Bonchev–Trinajstić information content (AvgIpc) is 2.26. The number of carbonyl (C=O) groups excluding carboxylic acids is 2. The van der Waals surface area contributed by atoms with Crippen LogP contribution in [0.1, 0.15) is 20.8 Å². The van der Waals surface area contributed by atoms with Gasteiger partial charge in [-0.25, -0.2) is 0 Å². The summed E-state index contributed by atoms with van der Waals surface area (Å²) in [5.74, 6) is 0.305. The van der Waals surface area contributed by atoms with Gasteiger partial charge in [-0.15, -0.1) is 0 Å². The Morgan fingerprint density at radius 2 is 1.83 bits per heavy atom. The van der Waals surface area contributed by atoms with Crippen molar-refractivity contribution >= 4 is 17.5 Å². The quantitative estimate of drug-likeness (QED) is 0.833. The van der Waals surface area contributed by atoms with E-state index in [2.05, 4.69) is 10.6 Å². The number of ether oxygens (including phenoxy) is 1. The minimum atomic E-state index is -0.157. The summed E-state index contributed by atoms with van der Waals surface area (Å²) in [5, 5.41) is 5.38. The van der Waals surface area contributed by atoms with Crippen molar-refractivity contribution in [2.24, 2.45) is 0 Å². The minimum absolute atomic E-state index is 0.0162. The van der Waals surface area contributed by atoms with Crippen LogP contribution >= 0.6 is 0 Å². The highest BCUT2D eigenvalue weighted by atomic mass is 16.5. The standard InChI is InChI=1S/C13H18N2O3/c1-9(2)14-13(17)8-18-12-6-4-11(5-7-12)15-10(3)16/h4-7,9H,8H2,1-3H3,(H,14,17)(H,15,16). The molecule has 0 aliphatic carbocycles. The zero-order chi connectivity index (χ0) is 13.5. The summed E-state index contributed by atoms with van der Waals surface area (Å²) in [6.45, 7) is 5.21. The van der Waals surface area contributed by atoms with E-state index in [9.17, 15) is 9.59 Å². The van der Waals surface area contributed by atoms with Gasteiger partial charge < -0.3 is 15.4 Å². The predicted molar refractivity (Wildman–Crippen MR) is 69.5 cm³/mol. The number of nitrogens with one attached hydrogen (secondary N) is 2. The van der Waals surface area contributed by atoms with Crippen molar-refractivity contribution in [1.29, 1.82) is 0 Å². The van der Waals surface area contributed by atoms with Gasteiger partial charge in [0.25, 0.3) is 5.91 Å². The van der Waals surface area contributed by atoms with Gasteiger partial charge in [0.2, 0.25) is 5.91 Å². The van der Waals surface area contributed by atoms with Crippen LogP contribution in [0.3, 0.4) is 0 Å². The average molecular weight is 250 g/mol. The molecule has 98 valence electrons. The maximum Gasteiger partial charge on any atom is 0.258 e. The normalized spacial score (nSPS) is 10.0. The number of amides is 2. The third-order valence-electron chi connectivity index (χ3n) is 1.99. The van der Waals surface area contributed by atoms with Gasteiger partial charge in [-0.3, -0.25) is 9.59 Å². The minimum Gasteiger partial charge on any atom is -0.484 e. The van der Waals surface area contributed by atoms with Gasteiger partial charge in [-0.1, -0.05) is 0 Å². The lowest BCUT2D eigenvalue weighted by Gasteiger charge is -2.10. The van der Waals surface area contributed by atoms with Crippen LogP contribution in [0, 0.1) is 0 Å². The lowest BCUT2D eigenvalue weighted by atomic mass is 10.3. The molecule has 0 unspecified atom stereocenters. The molecule has 0 radical (unpaired) electrons. The Balaban J connectivity index is 2.44. The summed E-state index contributed by atoms with van der Waals surface area (Å²) in [7, 11) is 0. The highest BCUT2D eigenvalue weighted by molar-refractivity contribution is 5.88. The van der Waals surface area contributed by atoms with Crippen molar-refractivity contribution < 1.29 is 14.3 Å². The molecule has 0 spiro atoms. The van der Waals surface area contributed by atoms with E-state index < -0.39 is 0 Å². The van der Waals surface area contributed by atoms with E-state index in [1.54, 1.807) is 24.3 Å². The Bertz CT molecular complexity index is 413. The van der Waals surface area contributed by atoms with E-state index in [0.29, 0.717) is 11.4 Å². The van der Waals surface area contributed by atoms with Gasteiger partial charge in [0.15, 0.2) is 6.61 Å². The third-order valence-corrected chi connectivity index (χ3v) is 1.99. The molecule has 0 aliphatic heterocycles. The number of benzene rings is 1. The molecule has 0 aliphatic rings. The summed E-state index contributed by atoms with van der Waals surface area (Å²) in [6, 6.07) is 6.94. The second kappa shape index (κ2) is 6.64. The molecule has 0 atom stereocenters. The first kappa shape index (κ1) is 14.0. The maximum atomic E-state index is 11.3. The van der Waals surface area contributed by atoms with Crippen molar-refractivity contribution in [1.82, 2.24) is 5.32 Å². The fourth-order valence-electron chi connectivity index (χ4n) is 1.35. The van der Waals surface area contributed by atoms with Crippen LogP contribution in [0.4, 0.5) is 5.69 Å². The fourth-order valence-corrected chi connectivity index (χ4v) is 1.35. The molecule has 0 heterocycles. The summed E-state index contributed by atoms with van der Waals surface area (Å²) in [4.78, 5) is 22.2. The highest BCUT2D eigenvalue weighted by Crippen LogP contribution is 2.15. The molecular formula is C13H18N2O3. The molecular weight excluding hydrogens is 232 g/mol. The van der Waals surface area contributed by atoms with Crippen molar-refractivity contribution in [3.05, 3.63) is 24.3 Å². The van der Waals surface area contributed by atoms with Crippen molar-refractivity contribution in [3.8, 4) is 5.75 Å². The topological polar surface area (TPSA) is 67.4 Å². The summed E-state index contributed by atoms with van der Waals surface area (Å²) in [5.41, 5.74) is 0.696. The first-order chi connectivity index (χ1) is 8.47. The van der Waals surface area contributed by atoms with Crippen LogP contribution < -0.4 is 15.4 Å². The molecule has 5 heteroatoms. The molecule has 0 fully saturated rings. The van der Waals surface area contributed by atoms with Gasteiger partial charge >= 0.3 is 0 Å². The zero-order valence-corrected chi connectivity index (χ0v) is 10.8. The van der Waals surface area contributed by atoms with E-state index in [4.69, 9.17) is 4.74 Å². The molecule has 18 heavy (non-hydrogen) atoms. The first-order valence-corrected chi connectivity index (χ1v) is 5.77. The van der Waals surface area contributed by atoms with Gasteiger partial charge in [0.1, 0.15) is 5.75 Å². The molecule has 0 saturated heterocycles. The van der Waals surface area contributed by atoms with Crippen molar-refractivity contribution in [3.63, 3.8) is 0 Å². The predicted octanol–water partition coefficient (Wildman–Crippen LogP) is 1.55. The lowest BCUT2D eigenvalue weighted by molar-refractivity contribution is -0.123. The van der Waals surface area contributed by atoms with E-state index in [0.717, 1.165) is 0 Å². The van der Waals surface area contributed by atoms with Gasteiger partial charge in [-0.05, 0) is 38.1 Å². The number of carbonyl (C=O) groups is 2. The van der Waals surface area contributed by atoms with E-state index in [-0.39, 0.29) is 24.5 Å². The molecule has 5 nitrogen and oxygen atoms in total. The smallest absolute Gasteiger partial charge is 0.258 e. The molecule has 1 rings (SSSR count). The number of hydrogen-bond donors (Lipinski definition) is 2. The number of anilines is 1. The van der Waals surface area contributed by atoms with Gasteiger partial charge in [0.05, 0.1) is 0 Å². The van der Waals surface area contributed by atoms with Crippen LogP contribution in [0.15, 0.2) is 24.3 Å². The molecule has 2 N–H and O–H groups in total. The Kier molecular flexibility index (Phi) is 5.17. The molecule has 1 aromatic rings. The van der Waals surface area contributed by atoms with E-state index in [1.165, 1.54) is 6.92 Å². The number of rotatable bonds is 5. The van der Waals surface area contributed by atoms with Crippen LogP contribution in [0.25, 0.3) is 0 Å². The fraction of sp³-hybridized carbons (Fsp3) is 0.385. The molecule has 0 bridgehead atoms. The second-order valence-corrected chi connectivity index (χ2v) is 4.22. The second-order valence-electron chi connectivity index (χ2n) is 4.22. The third kappa shape index (κ3) is 5.34. The molecule has 0 aromatic heterocycles. The highest BCUT2D eigenvalue weighted by Gasteiger charge is 2.04. The van der Waals surface area contributed by atoms with Crippen LogP contribution in [0.2, 0.25) is 0 Å². The summed E-state index contributed by atoms with van der Waals surface area (Å²) >= 11 is 0. The Morgan fingerprint density at radius 3 is 2.33 bits per heavy atom. The van der Waals surface area contributed by atoms with Gasteiger partial charge in [0, 0.05) is 18.7 Å².